The highest BCUT2D eigenvalue weighted by Crippen LogP contribution is 2.34. The van der Waals surface area contributed by atoms with E-state index in [1.807, 2.05) is 49.1 Å². The maximum absolute atomic E-state index is 13.1. The molecule has 270 valence electrons. The summed E-state index contributed by atoms with van der Waals surface area (Å²) in [6.45, 7) is 8.75. The highest BCUT2D eigenvalue weighted by Gasteiger charge is 2.20. The number of benzene rings is 3. The van der Waals surface area contributed by atoms with Crippen LogP contribution in [0.2, 0.25) is 5.02 Å². The van der Waals surface area contributed by atoms with Crippen LogP contribution in [0.4, 0.5) is 0 Å². The number of nitriles is 1. The standard InChI is InChI=1S/C43H42ClN5O4/c1-31-24-37(25-40(44)43(31)53-41-17-16-39(28-47-41)52-30-36-12-8-34(26-45)9-13-36)14-18-42(50)49-21-19-48(20-22-49)29-35-10-6-33(7-11-35)4-3-23-51-38-15-5-32(2)46-27-38/h5-18,24-25,27-28H,3-4,19-23,29-30H2,1-2H3/b18-14+. The number of hydrogen-bond donors (Lipinski definition) is 0. The summed E-state index contributed by atoms with van der Waals surface area (Å²) in [7, 11) is 0. The third-order valence-corrected chi connectivity index (χ3v) is 9.23. The monoisotopic (exact) mass is 727 g/mol. The summed E-state index contributed by atoms with van der Waals surface area (Å²) in [6, 6.07) is 29.3. The van der Waals surface area contributed by atoms with Gasteiger partial charge in [-0.25, -0.2) is 4.98 Å². The van der Waals surface area contributed by atoms with Crippen LogP contribution in [0, 0.1) is 25.2 Å². The van der Waals surface area contributed by atoms with Gasteiger partial charge in [-0.3, -0.25) is 14.7 Å². The minimum atomic E-state index is -0.0172. The van der Waals surface area contributed by atoms with Gasteiger partial charge in [0.25, 0.3) is 0 Å². The molecule has 0 unspecified atom stereocenters. The molecule has 53 heavy (non-hydrogen) atoms. The third kappa shape index (κ3) is 10.9. The van der Waals surface area contributed by atoms with E-state index < -0.39 is 0 Å². The number of nitrogens with zero attached hydrogens (tertiary/aromatic N) is 5. The van der Waals surface area contributed by atoms with Crippen LogP contribution in [0.5, 0.6) is 23.1 Å². The Bertz CT molecular complexity index is 2010. The molecule has 0 saturated carbocycles. The van der Waals surface area contributed by atoms with Gasteiger partial charge in [0.2, 0.25) is 11.8 Å². The van der Waals surface area contributed by atoms with Crippen LogP contribution in [0.1, 0.15) is 45.5 Å². The van der Waals surface area contributed by atoms with Gasteiger partial charge in [-0.15, -0.1) is 0 Å². The lowest BCUT2D eigenvalue weighted by molar-refractivity contribution is -0.127. The third-order valence-electron chi connectivity index (χ3n) is 8.95. The Hall–Kier alpha value is -5.69. The number of hydrogen-bond acceptors (Lipinski definition) is 8. The molecule has 1 aliphatic heterocycles. The Labute approximate surface area is 316 Å². The molecule has 1 fully saturated rings. The van der Waals surface area contributed by atoms with Gasteiger partial charge >= 0.3 is 0 Å². The first-order valence-corrected chi connectivity index (χ1v) is 18.1. The molecule has 0 aliphatic carbocycles. The van der Waals surface area contributed by atoms with Gasteiger partial charge in [0.05, 0.1) is 35.7 Å². The van der Waals surface area contributed by atoms with Crippen LogP contribution in [-0.4, -0.2) is 58.5 Å². The number of aryl methyl sites for hydroxylation is 3. The number of pyridine rings is 2. The van der Waals surface area contributed by atoms with E-state index >= 15 is 0 Å². The maximum atomic E-state index is 13.1. The fourth-order valence-corrected chi connectivity index (χ4v) is 6.23. The molecule has 0 radical (unpaired) electrons. The summed E-state index contributed by atoms with van der Waals surface area (Å²) >= 11 is 6.62. The van der Waals surface area contributed by atoms with Crippen LogP contribution >= 0.6 is 11.6 Å². The number of aromatic nitrogens is 2. The van der Waals surface area contributed by atoms with Crippen molar-refractivity contribution in [2.75, 3.05) is 32.8 Å². The molecule has 0 atom stereocenters. The zero-order valence-corrected chi connectivity index (χ0v) is 30.8. The number of halogens is 1. The second kappa shape index (κ2) is 18.2. The number of amides is 1. The van der Waals surface area contributed by atoms with Gasteiger partial charge in [-0.1, -0.05) is 48.0 Å². The summed E-state index contributed by atoms with van der Waals surface area (Å²) in [4.78, 5) is 26.0. The molecule has 2 aromatic heterocycles. The molecule has 10 heteroatoms. The van der Waals surface area contributed by atoms with E-state index in [-0.39, 0.29) is 5.91 Å². The first-order chi connectivity index (χ1) is 25.8. The van der Waals surface area contributed by atoms with E-state index in [4.69, 9.17) is 31.1 Å². The van der Waals surface area contributed by atoms with Crippen LogP contribution < -0.4 is 14.2 Å². The highest BCUT2D eigenvalue weighted by molar-refractivity contribution is 6.32. The lowest BCUT2D eigenvalue weighted by Gasteiger charge is -2.34. The highest BCUT2D eigenvalue weighted by atomic mass is 35.5. The molecular weight excluding hydrogens is 686 g/mol. The molecule has 1 amide bonds. The number of piperazine rings is 1. The Morgan fingerprint density at radius 3 is 2.23 bits per heavy atom. The maximum Gasteiger partial charge on any atom is 0.246 e. The summed E-state index contributed by atoms with van der Waals surface area (Å²) in [5, 5.41) is 9.38. The molecule has 5 aromatic rings. The number of carbonyl (C=O) groups is 1. The molecule has 9 nitrogen and oxygen atoms in total. The molecule has 6 rings (SSSR count). The quantitative estimate of drug-likeness (QED) is 0.0831. The molecular formula is C43H42ClN5O4. The lowest BCUT2D eigenvalue weighted by atomic mass is 10.1. The minimum Gasteiger partial charge on any atom is -0.492 e. The Balaban J connectivity index is 0.917. The molecule has 0 spiro atoms. The Morgan fingerprint density at radius 2 is 1.55 bits per heavy atom. The number of ether oxygens (including phenoxy) is 3. The summed E-state index contributed by atoms with van der Waals surface area (Å²) in [5.74, 6) is 2.26. The fourth-order valence-electron chi connectivity index (χ4n) is 5.92. The van der Waals surface area contributed by atoms with Crippen molar-refractivity contribution in [3.63, 3.8) is 0 Å². The normalized spacial score (nSPS) is 13.1. The van der Waals surface area contributed by atoms with Crippen molar-refractivity contribution in [1.82, 2.24) is 19.8 Å². The second-order valence-electron chi connectivity index (χ2n) is 13.0. The molecule has 3 heterocycles. The van der Waals surface area contributed by atoms with E-state index in [0.29, 0.717) is 54.3 Å². The number of rotatable bonds is 14. The Morgan fingerprint density at radius 1 is 0.849 bits per heavy atom. The lowest BCUT2D eigenvalue weighted by Crippen LogP contribution is -2.47. The molecule has 3 aromatic carbocycles. The SMILES string of the molecule is Cc1ccc(OCCCc2ccc(CN3CCN(C(=O)/C=C/c4cc(C)c(Oc5ccc(OCc6ccc(C#N)cc6)cn5)c(Cl)c4)CC3)cc2)cn1. The van der Waals surface area contributed by atoms with Gasteiger partial charge in [-0.05, 0) is 103 Å². The first kappa shape index (κ1) is 37.1. The van der Waals surface area contributed by atoms with E-state index in [1.54, 1.807) is 54.9 Å². The van der Waals surface area contributed by atoms with Crippen LogP contribution in [0.25, 0.3) is 6.08 Å². The number of carbonyl (C=O) groups excluding carboxylic acids is 1. The summed E-state index contributed by atoms with van der Waals surface area (Å²) in [6.07, 6.45) is 8.67. The topological polar surface area (TPSA) is 101 Å². The van der Waals surface area contributed by atoms with Crippen molar-refractivity contribution >= 4 is 23.6 Å². The van der Waals surface area contributed by atoms with Crippen LogP contribution in [-0.2, 0) is 24.4 Å². The fraction of sp³-hybridized carbons (Fsp3) is 0.256. The van der Waals surface area contributed by atoms with Crippen molar-refractivity contribution in [2.24, 2.45) is 0 Å². The van der Waals surface area contributed by atoms with Crippen molar-refractivity contribution in [3.05, 3.63) is 147 Å². The van der Waals surface area contributed by atoms with Crippen LogP contribution in [0.3, 0.4) is 0 Å². The van der Waals surface area contributed by atoms with Crippen molar-refractivity contribution < 1.29 is 19.0 Å². The van der Waals surface area contributed by atoms with Gasteiger partial charge in [-0.2, -0.15) is 5.26 Å². The smallest absolute Gasteiger partial charge is 0.246 e. The van der Waals surface area contributed by atoms with Crippen molar-refractivity contribution in [1.29, 1.82) is 5.26 Å². The summed E-state index contributed by atoms with van der Waals surface area (Å²) < 4.78 is 17.6. The summed E-state index contributed by atoms with van der Waals surface area (Å²) in [5.41, 5.74) is 6.74. The van der Waals surface area contributed by atoms with Gasteiger partial charge < -0.3 is 19.1 Å². The predicted octanol–water partition coefficient (Wildman–Crippen LogP) is 8.36. The average Bonchev–Trinajstić information content (AvgIpc) is 3.18. The van der Waals surface area contributed by atoms with Gasteiger partial charge in [0.1, 0.15) is 18.1 Å². The molecule has 0 N–H and O–H groups in total. The average molecular weight is 728 g/mol. The van der Waals surface area contributed by atoms with E-state index in [0.717, 1.165) is 60.6 Å². The molecule has 0 bridgehead atoms. The first-order valence-electron chi connectivity index (χ1n) is 17.7. The minimum absolute atomic E-state index is 0.0172. The van der Waals surface area contributed by atoms with Gasteiger partial charge in [0.15, 0.2) is 5.75 Å². The van der Waals surface area contributed by atoms with Crippen molar-refractivity contribution in [3.8, 4) is 29.2 Å². The zero-order valence-electron chi connectivity index (χ0n) is 30.0. The Kier molecular flexibility index (Phi) is 12.7. The predicted molar refractivity (Wildman–Crippen MR) is 206 cm³/mol. The largest absolute Gasteiger partial charge is 0.492 e. The molecule has 1 saturated heterocycles. The van der Waals surface area contributed by atoms with Crippen molar-refractivity contribution in [2.45, 2.75) is 39.8 Å². The molecule has 1 aliphatic rings. The van der Waals surface area contributed by atoms with E-state index in [1.165, 1.54) is 11.1 Å². The van der Waals surface area contributed by atoms with E-state index in [9.17, 15) is 4.79 Å². The van der Waals surface area contributed by atoms with E-state index in [2.05, 4.69) is 45.2 Å². The van der Waals surface area contributed by atoms with Crippen LogP contribution in [0.15, 0.2) is 103 Å². The second-order valence-corrected chi connectivity index (χ2v) is 13.4. The zero-order chi connectivity index (χ0) is 37.0. The van der Waals surface area contributed by atoms with Gasteiger partial charge in [0, 0.05) is 50.6 Å².